The van der Waals surface area contributed by atoms with Crippen molar-refractivity contribution in [1.29, 1.82) is 0 Å². The molecule has 0 bridgehead atoms. The Kier molecular flexibility index (Phi) is 3.41. The lowest BCUT2D eigenvalue weighted by molar-refractivity contribution is 0.602. The summed E-state index contributed by atoms with van der Waals surface area (Å²) in [7, 11) is -3.18. The van der Waals surface area contributed by atoms with E-state index in [-0.39, 0.29) is 6.04 Å². The molecule has 0 aliphatic heterocycles. The highest BCUT2D eigenvalue weighted by Crippen LogP contribution is 2.17. The van der Waals surface area contributed by atoms with Gasteiger partial charge in [0.1, 0.15) is 5.82 Å². The van der Waals surface area contributed by atoms with Gasteiger partial charge in [-0.25, -0.2) is 13.4 Å². The molecule has 0 aliphatic carbocycles. The van der Waals surface area contributed by atoms with Gasteiger partial charge in [-0.2, -0.15) is 0 Å². The number of sulfone groups is 1. The van der Waals surface area contributed by atoms with Crippen LogP contribution in [0.4, 0.5) is 0 Å². The molecule has 2 aromatic rings. The molecule has 98 valence electrons. The molecule has 2 rings (SSSR count). The first-order valence-corrected chi connectivity index (χ1v) is 7.69. The second kappa shape index (κ2) is 4.70. The summed E-state index contributed by atoms with van der Waals surface area (Å²) in [6, 6.07) is 5.04. The lowest BCUT2D eigenvalue weighted by Crippen LogP contribution is -2.15. The maximum absolute atomic E-state index is 11.4. The molecule has 0 saturated heterocycles. The molecule has 3 N–H and O–H groups in total. The smallest absolute Gasteiger partial charge is 0.175 e. The molecule has 0 radical (unpaired) electrons. The standard InChI is InChI=1S/C12H17N3O2S/c1-8(13)3-6-12-14-10-5-4-9(18(2,16)17)7-11(10)15-12/h4-5,7-8H,3,6,13H2,1-2H3,(H,14,15). The van der Waals surface area contributed by atoms with E-state index in [1.165, 1.54) is 6.26 Å². The zero-order chi connectivity index (χ0) is 13.3. The Morgan fingerprint density at radius 2 is 2.17 bits per heavy atom. The highest BCUT2D eigenvalue weighted by Gasteiger charge is 2.10. The third-order valence-corrected chi connectivity index (χ3v) is 3.88. The van der Waals surface area contributed by atoms with Crippen LogP contribution in [0.3, 0.4) is 0 Å². The summed E-state index contributed by atoms with van der Waals surface area (Å²) < 4.78 is 22.9. The molecule has 1 aromatic carbocycles. The molecular formula is C12H17N3O2S. The van der Waals surface area contributed by atoms with Crippen molar-refractivity contribution in [2.24, 2.45) is 5.73 Å². The molecule has 1 heterocycles. The lowest BCUT2D eigenvalue weighted by atomic mass is 10.2. The molecule has 1 unspecified atom stereocenters. The number of hydrogen-bond donors (Lipinski definition) is 2. The van der Waals surface area contributed by atoms with Crippen LogP contribution in [0.25, 0.3) is 11.0 Å². The number of rotatable bonds is 4. The minimum absolute atomic E-state index is 0.129. The first kappa shape index (κ1) is 13.0. The second-order valence-electron chi connectivity index (χ2n) is 4.65. The molecule has 5 nitrogen and oxygen atoms in total. The van der Waals surface area contributed by atoms with Crippen LogP contribution in [-0.4, -0.2) is 30.7 Å². The molecular weight excluding hydrogens is 250 g/mol. The number of aryl methyl sites for hydroxylation is 1. The van der Waals surface area contributed by atoms with Gasteiger partial charge in [0.2, 0.25) is 0 Å². The van der Waals surface area contributed by atoms with Crippen LogP contribution in [0.1, 0.15) is 19.2 Å². The van der Waals surface area contributed by atoms with Crippen molar-refractivity contribution in [2.45, 2.75) is 30.7 Å². The van der Waals surface area contributed by atoms with Crippen molar-refractivity contribution in [3.8, 4) is 0 Å². The number of aromatic amines is 1. The SMILES string of the molecule is CC(N)CCc1nc2ccc(S(C)(=O)=O)cc2[nH]1. The van der Waals surface area contributed by atoms with Crippen LogP contribution in [0.5, 0.6) is 0 Å². The Morgan fingerprint density at radius 3 is 2.78 bits per heavy atom. The van der Waals surface area contributed by atoms with Crippen LogP contribution in [0, 0.1) is 0 Å². The zero-order valence-electron chi connectivity index (χ0n) is 10.5. The van der Waals surface area contributed by atoms with Crippen LogP contribution in [0.2, 0.25) is 0 Å². The summed E-state index contributed by atoms with van der Waals surface area (Å²) in [6.45, 7) is 1.95. The van der Waals surface area contributed by atoms with Crippen molar-refractivity contribution in [3.05, 3.63) is 24.0 Å². The quantitative estimate of drug-likeness (QED) is 0.872. The first-order chi connectivity index (χ1) is 8.36. The Morgan fingerprint density at radius 1 is 1.44 bits per heavy atom. The van der Waals surface area contributed by atoms with E-state index in [1.807, 2.05) is 6.92 Å². The van der Waals surface area contributed by atoms with E-state index in [9.17, 15) is 8.42 Å². The van der Waals surface area contributed by atoms with Gasteiger partial charge in [-0.3, -0.25) is 0 Å². The Balaban J connectivity index is 2.34. The van der Waals surface area contributed by atoms with E-state index < -0.39 is 9.84 Å². The maximum Gasteiger partial charge on any atom is 0.175 e. The van der Waals surface area contributed by atoms with Crippen molar-refractivity contribution in [2.75, 3.05) is 6.26 Å². The first-order valence-electron chi connectivity index (χ1n) is 5.80. The van der Waals surface area contributed by atoms with Gasteiger partial charge in [-0.05, 0) is 31.5 Å². The summed E-state index contributed by atoms with van der Waals surface area (Å²) in [6.07, 6.45) is 2.81. The van der Waals surface area contributed by atoms with E-state index in [4.69, 9.17) is 5.73 Å². The van der Waals surface area contributed by atoms with E-state index in [0.29, 0.717) is 4.90 Å². The molecule has 0 spiro atoms. The van der Waals surface area contributed by atoms with Gasteiger partial charge < -0.3 is 10.7 Å². The number of nitrogens with one attached hydrogen (secondary N) is 1. The monoisotopic (exact) mass is 267 g/mol. The number of fused-ring (bicyclic) bond motifs is 1. The second-order valence-corrected chi connectivity index (χ2v) is 6.67. The highest BCUT2D eigenvalue weighted by atomic mass is 32.2. The minimum Gasteiger partial charge on any atom is -0.342 e. The summed E-state index contributed by atoms with van der Waals surface area (Å²) in [5, 5.41) is 0. The van der Waals surface area contributed by atoms with Crippen LogP contribution in [0.15, 0.2) is 23.1 Å². The average molecular weight is 267 g/mol. The van der Waals surface area contributed by atoms with Gasteiger partial charge in [-0.15, -0.1) is 0 Å². The fourth-order valence-corrected chi connectivity index (χ4v) is 2.40. The van der Waals surface area contributed by atoms with E-state index in [0.717, 1.165) is 29.7 Å². The molecule has 0 aliphatic rings. The van der Waals surface area contributed by atoms with Gasteiger partial charge in [0.05, 0.1) is 15.9 Å². The van der Waals surface area contributed by atoms with E-state index in [2.05, 4.69) is 9.97 Å². The predicted molar refractivity (Wildman–Crippen MR) is 71.2 cm³/mol. The molecule has 0 amide bonds. The lowest BCUT2D eigenvalue weighted by Gasteiger charge is -2.00. The van der Waals surface area contributed by atoms with E-state index in [1.54, 1.807) is 18.2 Å². The number of aromatic nitrogens is 2. The molecule has 0 fully saturated rings. The highest BCUT2D eigenvalue weighted by molar-refractivity contribution is 7.90. The number of benzene rings is 1. The third kappa shape index (κ3) is 2.88. The van der Waals surface area contributed by atoms with Gasteiger partial charge in [0.25, 0.3) is 0 Å². The van der Waals surface area contributed by atoms with Gasteiger partial charge in [-0.1, -0.05) is 0 Å². The molecule has 0 saturated carbocycles. The Bertz CT molecular complexity index is 659. The molecule has 1 aromatic heterocycles. The van der Waals surface area contributed by atoms with Gasteiger partial charge in [0, 0.05) is 18.7 Å². The number of nitrogens with zero attached hydrogens (tertiary/aromatic N) is 1. The fourth-order valence-electron chi connectivity index (χ4n) is 1.75. The van der Waals surface area contributed by atoms with Gasteiger partial charge >= 0.3 is 0 Å². The van der Waals surface area contributed by atoms with Crippen molar-refractivity contribution in [3.63, 3.8) is 0 Å². The number of hydrogen-bond acceptors (Lipinski definition) is 4. The molecule has 6 heteroatoms. The van der Waals surface area contributed by atoms with Crippen LogP contribution >= 0.6 is 0 Å². The summed E-state index contributed by atoms with van der Waals surface area (Å²) in [5.74, 6) is 0.841. The summed E-state index contributed by atoms with van der Waals surface area (Å²) >= 11 is 0. The number of nitrogens with two attached hydrogens (primary N) is 1. The van der Waals surface area contributed by atoms with Crippen LogP contribution in [-0.2, 0) is 16.3 Å². The zero-order valence-corrected chi connectivity index (χ0v) is 11.3. The number of H-pyrrole nitrogens is 1. The Hall–Kier alpha value is -1.40. The fraction of sp³-hybridized carbons (Fsp3) is 0.417. The largest absolute Gasteiger partial charge is 0.342 e. The van der Waals surface area contributed by atoms with Crippen molar-refractivity contribution in [1.82, 2.24) is 9.97 Å². The minimum atomic E-state index is -3.18. The van der Waals surface area contributed by atoms with Gasteiger partial charge in [0.15, 0.2) is 9.84 Å². The maximum atomic E-state index is 11.4. The average Bonchev–Trinajstić information content (AvgIpc) is 2.66. The third-order valence-electron chi connectivity index (χ3n) is 2.77. The summed E-state index contributed by atoms with van der Waals surface area (Å²) in [5.41, 5.74) is 7.22. The normalized spacial score (nSPS) is 13.9. The van der Waals surface area contributed by atoms with E-state index >= 15 is 0 Å². The Labute approximate surface area is 106 Å². The topological polar surface area (TPSA) is 88.8 Å². The molecule has 1 atom stereocenters. The van der Waals surface area contributed by atoms with Crippen LogP contribution < -0.4 is 5.73 Å². The van der Waals surface area contributed by atoms with Crippen molar-refractivity contribution >= 4 is 20.9 Å². The summed E-state index contributed by atoms with van der Waals surface area (Å²) in [4.78, 5) is 7.84. The number of imidazole rings is 1. The molecule has 18 heavy (non-hydrogen) atoms. The van der Waals surface area contributed by atoms with Crippen molar-refractivity contribution < 1.29 is 8.42 Å². The predicted octanol–water partition coefficient (Wildman–Crippen LogP) is 1.25.